The smallest absolute Gasteiger partial charge is 0.337 e. The topological polar surface area (TPSA) is 36.4 Å². The highest BCUT2D eigenvalue weighted by Crippen LogP contribution is 2.33. The van der Waals surface area contributed by atoms with Crippen molar-refractivity contribution in [3.8, 4) is 0 Å². The standard InChI is InChI=1S/C22H24F3N3O/c1-15-5-2-9-19(26-15)13-27-10-4-7-17-12-28(14-20(17)27)21(29)16-6-3-8-18(11-16)22(23,24)25/h2-3,5-6,8-9,11,17,20H,4,7,10,12-14H2,1H3/t17-,20+/m1/s1. The predicted octanol–water partition coefficient (Wildman–Crippen LogP) is 4.15. The quantitative estimate of drug-likeness (QED) is 0.773. The third-order valence-electron chi connectivity index (χ3n) is 5.93. The van der Waals surface area contributed by atoms with Gasteiger partial charge in [-0.25, -0.2) is 0 Å². The molecule has 1 amide bonds. The van der Waals surface area contributed by atoms with Crippen molar-refractivity contribution in [1.29, 1.82) is 0 Å². The highest BCUT2D eigenvalue weighted by Gasteiger charge is 2.41. The van der Waals surface area contributed by atoms with Gasteiger partial charge in [-0.3, -0.25) is 14.7 Å². The molecule has 0 radical (unpaired) electrons. The van der Waals surface area contributed by atoms with E-state index in [0.717, 1.165) is 49.5 Å². The zero-order valence-electron chi connectivity index (χ0n) is 16.3. The largest absolute Gasteiger partial charge is 0.416 e. The van der Waals surface area contributed by atoms with Crippen LogP contribution in [0.5, 0.6) is 0 Å². The molecule has 154 valence electrons. The van der Waals surface area contributed by atoms with E-state index < -0.39 is 11.7 Å². The zero-order valence-corrected chi connectivity index (χ0v) is 16.3. The first-order chi connectivity index (χ1) is 13.8. The second-order valence-electron chi connectivity index (χ2n) is 8.00. The average molecular weight is 403 g/mol. The van der Waals surface area contributed by atoms with E-state index in [1.165, 1.54) is 12.1 Å². The van der Waals surface area contributed by atoms with Crippen molar-refractivity contribution < 1.29 is 18.0 Å². The molecule has 0 saturated carbocycles. The number of piperidine rings is 1. The van der Waals surface area contributed by atoms with E-state index >= 15 is 0 Å². The van der Waals surface area contributed by atoms with E-state index in [0.29, 0.717) is 19.0 Å². The number of likely N-dealkylation sites (tertiary alicyclic amines) is 2. The van der Waals surface area contributed by atoms with Crippen LogP contribution in [0.4, 0.5) is 13.2 Å². The van der Waals surface area contributed by atoms with Gasteiger partial charge in [0, 0.05) is 36.9 Å². The number of aromatic nitrogens is 1. The van der Waals surface area contributed by atoms with Crippen LogP contribution in [0.15, 0.2) is 42.5 Å². The van der Waals surface area contributed by atoms with Crippen LogP contribution >= 0.6 is 0 Å². The van der Waals surface area contributed by atoms with Crippen molar-refractivity contribution in [2.45, 2.75) is 38.5 Å². The van der Waals surface area contributed by atoms with E-state index in [-0.39, 0.29) is 17.5 Å². The number of fused-ring (bicyclic) bond motifs is 1. The molecule has 7 heteroatoms. The number of aryl methyl sites for hydroxylation is 1. The average Bonchev–Trinajstić information content (AvgIpc) is 3.12. The van der Waals surface area contributed by atoms with Crippen molar-refractivity contribution in [3.63, 3.8) is 0 Å². The van der Waals surface area contributed by atoms with Crippen LogP contribution in [0.2, 0.25) is 0 Å². The molecule has 2 fully saturated rings. The summed E-state index contributed by atoms with van der Waals surface area (Å²) in [6, 6.07) is 10.9. The van der Waals surface area contributed by atoms with Crippen LogP contribution < -0.4 is 0 Å². The van der Waals surface area contributed by atoms with Crippen LogP contribution in [0, 0.1) is 12.8 Å². The van der Waals surface area contributed by atoms with Crippen LogP contribution in [-0.2, 0) is 12.7 Å². The van der Waals surface area contributed by atoms with Gasteiger partial charge >= 0.3 is 6.18 Å². The lowest BCUT2D eigenvalue weighted by molar-refractivity contribution is -0.137. The molecular weight excluding hydrogens is 379 g/mol. The Balaban J connectivity index is 1.49. The van der Waals surface area contributed by atoms with E-state index in [4.69, 9.17) is 0 Å². The Kier molecular flexibility index (Phi) is 5.34. The van der Waals surface area contributed by atoms with E-state index in [2.05, 4.69) is 9.88 Å². The van der Waals surface area contributed by atoms with Gasteiger partial charge in [0.15, 0.2) is 0 Å². The maximum Gasteiger partial charge on any atom is 0.416 e. The Bertz CT molecular complexity index is 899. The molecule has 0 spiro atoms. The zero-order chi connectivity index (χ0) is 20.6. The normalized spacial score (nSPS) is 22.6. The SMILES string of the molecule is Cc1cccc(CN2CCC[C@@H]3CN(C(=O)c4cccc(C(F)(F)F)c4)C[C@@H]32)n1. The van der Waals surface area contributed by atoms with Gasteiger partial charge in [-0.1, -0.05) is 12.1 Å². The number of alkyl halides is 3. The van der Waals surface area contributed by atoms with E-state index in [1.807, 2.05) is 25.1 Å². The number of hydrogen-bond acceptors (Lipinski definition) is 3. The number of pyridine rings is 1. The summed E-state index contributed by atoms with van der Waals surface area (Å²) in [6.45, 7) is 4.79. The van der Waals surface area contributed by atoms with Crippen molar-refractivity contribution in [2.75, 3.05) is 19.6 Å². The molecule has 1 aromatic heterocycles. The summed E-state index contributed by atoms with van der Waals surface area (Å²) in [5, 5.41) is 0. The summed E-state index contributed by atoms with van der Waals surface area (Å²) in [5.74, 6) is 0.0300. The molecule has 2 aromatic rings. The fourth-order valence-corrected chi connectivity index (χ4v) is 4.54. The monoisotopic (exact) mass is 403 g/mol. The molecule has 4 rings (SSSR count). The van der Waals surface area contributed by atoms with Crippen molar-refractivity contribution in [1.82, 2.24) is 14.8 Å². The lowest BCUT2D eigenvalue weighted by Gasteiger charge is -2.36. The molecule has 2 atom stereocenters. The van der Waals surface area contributed by atoms with Gasteiger partial charge in [-0.2, -0.15) is 13.2 Å². The Morgan fingerprint density at radius 3 is 2.72 bits per heavy atom. The number of rotatable bonds is 3. The third-order valence-corrected chi connectivity index (χ3v) is 5.93. The molecule has 3 heterocycles. The Morgan fingerprint density at radius 2 is 1.97 bits per heavy atom. The van der Waals surface area contributed by atoms with Gasteiger partial charge in [0.2, 0.25) is 0 Å². The molecule has 4 nitrogen and oxygen atoms in total. The van der Waals surface area contributed by atoms with Crippen molar-refractivity contribution in [3.05, 3.63) is 65.0 Å². The first kappa shape index (κ1) is 19.9. The number of carbonyl (C=O) groups excluding carboxylic acids is 1. The number of halogens is 3. The maximum atomic E-state index is 13.0. The molecule has 0 N–H and O–H groups in total. The number of benzene rings is 1. The van der Waals surface area contributed by atoms with Gasteiger partial charge in [0.05, 0.1) is 11.3 Å². The predicted molar refractivity (Wildman–Crippen MR) is 103 cm³/mol. The number of amides is 1. The highest BCUT2D eigenvalue weighted by molar-refractivity contribution is 5.94. The Morgan fingerprint density at radius 1 is 1.17 bits per heavy atom. The van der Waals surface area contributed by atoms with Gasteiger partial charge in [-0.05, 0) is 62.6 Å². The van der Waals surface area contributed by atoms with Gasteiger partial charge in [0.1, 0.15) is 0 Å². The Hall–Kier alpha value is -2.41. The van der Waals surface area contributed by atoms with Crippen LogP contribution in [0.3, 0.4) is 0 Å². The molecule has 29 heavy (non-hydrogen) atoms. The van der Waals surface area contributed by atoms with Gasteiger partial charge in [-0.15, -0.1) is 0 Å². The third kappa shape index (κ3) is 4.29. The minimum atomic E-state index is -4.45. The summed E-state index contributed by atoms with van der Waals surface area (Å²) in [5.41, 5.74) is 1.30. The summed E-state index contributed by atoms with van der Waals surface area (Å²) >= 11 is 0. The van der Waals surface area contributed by atoms with Crippen LogP contribution in [-0.4, -0.2) is 46.4 Å². The van der Waals surface area contributed by atoms with E-state index in [9.17, 15) is 18.0 Å². The maximum absolute atomic E-state index is 13.0. The Labute approximate surface area is 168 Å². The molecule has 2 aliphatic rings. The van der Waals surface area contributed by atoms with Crippen LogP contribution in [0.1, 0.15) is 40.2 Å². The van der Waals surface area contributed by atoms with Gasteiger partial charge in [0.25, 0.3) is 5.91 Å². The molecule has 2 aliphatic heterocycles. The molecule has 2 saturated heterocycles. The summed E-state index contributed by atoms with van der Waals surface area (Å²) in [6.07, 6.45) is -2.36. The molecule has 0 unspecified atom stereocenters. The van der Waals surface area contributed by atoms with Crippen molar-refractivity contribution >= 4 is 5.91 Å². The first-order valence-electron chi connectivity index (χ1n) is 9.94. The van der Waals surface area contributed by atoms with Crippen molar-refractivity contribution in [2.24, 2.45) is 5.92 Å². The lowest BCUT2D eigenvalue weighted by atomic mass is 9.92. The summed E-state index contributed by atoms with van der Waals surface area (Å²) in [7, 11) is 0. The molecular formula is C22H24F3N3O. The highest BCUT2D eigenvalue weighted by atomic mass is 19.4. The second kappa shape index (κ2) is 7.78. The molecule has 1 aromatic carbocycles. The first-order valence-corrected chi connectivity index (χ1v) is 9.94. The van der Waals surface area contributed by atoms with Gasteiger partial charge < -0.3 is 4.90 Å². The fraction of sp³-hybridized carbons (Fsp3) is 0.455. The number of hydrogen-bond donors (Lipinski definition) is 0. The summed E-state index contributed by atoms with van der Waals surface area (Å²) in [4.78, 5) is 21.6. The van der Waals surface area contributed by atoms with Crippen LogP contribution in [0.25, 0.3) is 0 Å². The minimum absolute atomic E-state index is 0.102. The van der Waals surface area contributed by atoms with E-state index in [1.54, 1.807) is 4.90 Å². The summed E-state index contributed by atoms with van der Waals surface area (Å²) < 4.78 is 39.0. The second-order valence-corrected chi connectivity index (χ2v) is 8.00. The lowest BCUT2D eigenvalue weighted by Crippen LogP contribution is -2.44. The fourth-order valence-electron chi connectivity index (χ4n) is 4.54. The molecule has 0 bridgehead atoms. The number of nitrogens with zero attached hydrogens (tertiary/aromatic N) is 3. The molecule has 0 aliphatic carbocycles. The number of carbonyl (C=O) groups is 1. The minimum Gasteiger partial charge on any atom is -0.337 e.